The molecule has 0 aromatic heterocycles. The third kappa shape index (κ3) is 4.97. The summed E-state index contributed by atoms with van der Waals surface area (Å²) in [5.41, 5.74) is 0.846. The van der Waals surface area contributed by atoms with Crippen LogP contribution in [0.2, 0.25) is 0 Å². The zero-order valence-electron chi connectivity index (χ0n) is 16.8. The average Bonchev–Trinajstić information content (AvgIpc) is 3.07. The highest BCUT2D eigenvalue weighted by atomic mass is 32.1. The SMILES string of the molecule is COC(=O)CN(C(=S)Nc1ccc(F)cc1)[C@H]1CC(=O)N(c2ccc(OC)cc2)C1=O. The second-order valence-electron chi connectivity index (χ2n) is 6.63. The monoisotopic (exact) mass is 445 g/mol. The molecule has 0 unspecified atom stereocenters. The fraction of sp³-hybridized carbons (Fsp3) is 0.238. The summed E-state index contributed by atoms with van der Waals surface area (Å²) >= 11 is 5.39. The maximum Gasteiger partial charge on any atom is 0.325 e. The van der Waals surface area contributed by atoms with Crippen molar-refractivity contribution in [2.24, 2.45) is 0 Å². The van der Waals surface area contributed by atoms with Crippen LogP contribution in [0, 0.1) is 5.82 Å². The van der Waals surface area contributed by atoms with E-state index in [2.05, 4.69) is 5.32 Å². The van der Waals surface area contributed by atoms with E-state index in [1.807, 2.05) is 0 Å². The number of rotatable bonds is 6. The summed E-state index contributed by atoms with van der Waals surface area (Å²) in [6, 6.07) is 10.9. The van der Waals surface area contributed by atoms with Crippen molar-refractivity contribution in [2.75, 3.05) is 31.0 Å². The highest BCUT2D eigenvalue weighted by molar-refractivity contribution is 7.80. The number of ether oxygens (including phenoxy) is 2. The molecule has 0 saturated carbocycles. The van der Waals surface area contributed by atoms with E-state index in [9.17, 15) is 18.8 Å². The van der Waals surface area contributed by atoms with E-state index in [1.54, 1.807) is 24.3 Å². The van der Waals surface area contributed by atoms with E-state index in [1.165, 1.54) is 43.4 Å². The molecule has 1 N–H and O–H groups in total. The second kappa shape index (κ2) is 9.52. The van der Waals surface area contributed by atoms with E-state index in [0.29, 0.717) is 17.1 Å². The Morgan fingerprint density at radius 1 is 1.16 bits per heavy atom. The van der Waals surface area contributed by atoms with Crippen molar-refractivity contribution in [3.05, 3.63) is 54.3 Å². The number of hydrogen-bond donors (Lipinski definition) is 1. The highest BCUT2D eigenvalue weighted by Crippen LogP contribution is 2.28. The summed E-state index contributed by atoms with van der Waals surface area (Å²) in [7, 11) is 2.72. The summed E-state index contributed by atoms with van der Waals surface area (Å²) in [6.45, 7) is -0.344. The van der Waals surface area contributed by atoms with E-state index >= 15 is 0 Å². The second-order valence-corrected chi connectivity index (χ2v) is 7.01. The van der Waals surface area contributed by atoms with Crippen molar-refractivity contribution in [3.8, 4) is 5.75 Å². The lowest BCUT2D eigenvalue weighted by Crippen LogP contribution is -2.49. The molecule has 2 aromatic rings. The maximum atomic E-state index is 13.2. The molecule has 0 bridgehead atoms. The number of nitrogens with one attached hydrogen (secondary N) is 1. The van der Waals surface area contributed by atoms with Crippen LogP contribution in [-0.4, -0.2) is 54.6 Å². The molecule has 1 aliphatic rings. The van der Waals surface area contributed by atoms with Gasteiger partial charge in [0.05, 0.1) is 26.3 Å². The smallest absolute Gasteiger partial charge is 0.325 e. The van der Waals surface area contributed by atoms with Gasteiger partial charge in [-0.15, -0.1) is 0 Å². The number of amides is 2. The molecule has 0 aliphatic carbocycles. The molecule has 3 rings (SSSR count). The Hall–Kier alpha value is -3.53. The van der Waals surface area contributed by atoms with Crippen LogP contribution in [0.3, 0.4) is 0 Å². The van der Waals surface area contributed by atoms with Gasteiger partial charge in [-0.1, -0.05) is 0 Å². The number of imide groups is 1. The minimum Gasteiger partial charge on any atom is -0.497 e. The van der Waals surface area contributed by atoms with Gasteiger partial charge in [0.1, 0.15) is 24.2 Å². The topological polar surface area (TPSA) is 88.2 Å². The summed E-state index contributed by atoms with van der Waals surface area (Å²) < 4.78 is 23.0. The number of esters is 1. The summed E-state index contributed by atoms with van der Waals surface area (Å²) in [6.07, 6.45) is -0.174. The van der Waals surface area contributed by atoms with E-state index in [0.717, 1.165) is 4.90 Å². The van der Waals surface area contributed by atoms with Gasteiger partial charge in [0.15, 0.2) is 5.11 Å². The van der Waals surface area contributed by atoms with Gasteiger partial charge in [-0.05, 0) is 60.7 Å². The largest absolute Gasteiger partial charge is 0.497 e. The first-order valence-corrected chi connectivity index (χ1v) is 9.65. The molecule has 1 fully saturated rings. The Kier molecular flexibility index (Phi) is 6.81. The Labute approximate surface area is 183 Å². The Morgan fingerprint density at radius 2 is 1.81 bits per heavy atom. The molecule has 1 saturated heterocycles. The van der Waals surface area contributed by atoms with Gasteiger partial charge in [0, 0.05) is 5.69 Å². The Balaban J connectivity index is 1.85. The van der Waals surface area contributed by atoms with Crippen molar-refractivity contribution in [3.63, 3.8) is 0 Å². The summed E-state index contributed by atoms with van der Waals surface area (Å²) in [5.74, 6) is -1.43. The number of methoxy groups -OCH3 is 2. The number of hydrogen-bond acceptors (Lipinski definition) is 6. The number of halogens is 1. The number of thiocarbonyl (C=S) groups is 1. The number of carbonyl (C=O) groups excluding carboxylic acids is 3. The van der Waals surface area contributed by atoms with Crippen LogP contribution < -0.4 is 15.0 Å². The molecule has 8 nitrogen and oxygen atoms in total. The quantitative estimate of drug-likeness (QED) is 0.412. The van der Waals surface area contributed by atoms with Crippen molar-refractivity contribution >= 4 is 46.5 Å². The van der Waals surface area contributed by atoms with Gasteiger partial charge in [-0.25, -0.2) is 9.29 Å². The first kappa shape index (κ1) is 22.2. The minimum absolute atomic E-state index is 0.0275. The molecule has 2 aromatic carbocycles. The number of anilines is 2. The van der Waals surface area contributed by atoms with Crippen molar-refractivity contribution in [1.29, 1.82) is 0 Å². The molecule has 10 heteroatoms. The molecule has 162 valence electrons. The molecule has 1 atom stereocenters. The zero-order valence-corrected chi connectivity index (χ0v) is 17.6. The molecule has 0 spiro atoms. The Morgan fingerprint density at radius 3 is 2.39 bits per heavy atom. The maximum absolute atomic E-state index is 13.2. The standard InChI is InChI=1S/C21H20FN3O5S/c1-29-16-9-7-15(8-10-16)25-18(26)11-17(20(25)28)24(12-19(27)30-2)21(31)23-14-5-3-13(22)4-6-14/h3-10,17H,11-12H2,1-2H3,(H,23,31)/t17-/m0/s1. The van der Waals surface area contributed by atoms with E-state index in [-0.39, 0.29) is 18.1 Å². The minimum atomic E-state index is -1.01. The number of carbonyl (C=O) groups is 3. The van der Waals surface area contributed by atoms with E-state index < -0.39 is 29.6 Å². The van der Waals surface area contributed by atoms with Crippen LogP contribution in [0.15, 0.2) is 48.5 Å². The van der Waals surface area contributed by atoms with Gasteiger partial charge in [0.25, 0.3) is 5.91 Å². The fourth-order valence-electron chi connectivity index (χ4n) is 3.12. The van der Waals surface area contributed by atoms with Gasteiger partial charge in [-0.3, -0.25) is 14.4 Å². The summed E-state index contributed by atoms with van der Waals surface area (Å²) in [5, 5.41) is 2.89. The summed E-state index contributed by atoms with van der Waals surface area (Å²) in [4.78, 5) is 40.1. The third-order valence-corrected chi connectivity index (χ3v) is 5.05. The molecule has 1 heterocycles. The predicted octanol–water partition coefficient (Wildman–Crippen LogP) is 2.34. The van der Waals surface area contributed by atoms with Crippen LogP contribution in [-0.2, 0) is 19.1 Å². The van der Waals surface area contributed by atoms with Gasteiger partial charge in [0.2, 0.25) is 5.91 Å². The van der Waals surface area contributed by atoms with Crippen LogP contribution >= 0.6 is 12.2 Å². The van der Waals surface area contributed by atoms with Gasteiger partial charge in [-0.2, -0.15) is 0 Å². The fourth-order valence-corrected chi connectivity index (χ4v) is 3.43. The average molecular weight is 445 g/mol. The zero-order chi connectivity index (χ0) is 22.5. The Bertz CT molecular complexity index is 997. The molecule has 2 amide bonds. The number of nitrogens with zero attached hydrogens (tertiary/aromatic N) is 2. The molecule has 31 heavy (non-hydrogen) atoms. The predicted molar refractivity (Wildman–Crippen MR) is 115 cm³/mol. The first-order chi connectivity index (χ1) is 14.8. The van der Waals surface area contributed by atoms with Gasteiger partial charge >= 0.3 is 5.97 Å². The highest BCUT2D eigenvalue weighted by Gasteiger charge is 2.44. The molecule has 1 aliphatic heterocycles. The van der Waals surface area contributed by atoms with Crippen molar-refractivity contribution < 1.29 is 28.2 Å². The van der Waals surface area contributed by atoms with Crippen molar-refractivity contribution in [2.45, 2.75) is 12.5 Å². The lowest BCUT2D eigenvalue weighted by atomic mass is 10.2. The van der Waals surface area contributed by atoms with E-state index in [4.69, 9.17) is 21.7 Å². The van der Waals surface area contributed by atoms with Crippen molar-refractivity contribution in [1.82, 2.24) is 4.90 Å². The van der Waals surface area contributed by atoms with Crippen LogP contribution in [0.25, 0.3) is 0 Å². The molecule has 0 radical (unpaired) electrons. The molecular formula is C21H20FN3O5S. The molecular weight excluding hydrogens is 425 g/mol. The lowest BCUT2D eigenvalue weighted by Gasteiger charge is -2.29. The lowest BCUT2D eigenvalue weighted by molar-refractivity contribution is -0.141. The first-order valence-electron chi connectivity index (χ1n) is 9.25. The van der Waals surface area contributed by atoms with Crippen LogP contribution in [0.1, 0.15) is 6.42 Å². The third-order valence-electron chi connectivity index (χ3n) is 4.71. The number of benzene rings is 2. The van der Waals surface area contributed by atoms with Gasteiger partial charge < -0.3 is 19.7 Å². The normalized spacial score (nSPS) is 15.6. The van der Waals surface area contributed by atoms with Crippen LogP contribution in [0.5, 0.6) is 5.75 Å². The van der Waals surface area contributed by atoms with Crippen LogP contribution in [0.4, 0.5) is 15.8 Å².